The second-order valence-corrected chi connectivity index (χ2v) is 6.31. The molecule has 1 N–H and O–H groups in total. The van der Waals surface area contributed by atoms with Gasteiger partial charge in [-0.2, -0.15) is 0 Å². The standard InChI is InChI=1S/C17H33NO/c1-3-4-5-6-7-8-9-14-17(19)18-16-13-11-10-12-15(16)2/h15-16H,3-14H2,1-2H3,(H,18,19)/t15-,16+/m1/s1. The third-order valence-electron chi connectivity index (χ3n) is 4.47. The van der Waals surface area contributed by atoms with Crippen molar-refractivity contribution < 1.29 is 4.79 Å². The second kappa shape index (κ2) is 10.3. The summed E-state index contributed by atoms with van der Waals surface area (Å²) in [4.78, 5) is 11.9. The molecule has 1 aliphatic carbocycles. The number of unbranched alkanes of at least 4 members (excludes halogenated alkanes) is 6. The van der Waals surface area contributed by atoms with Crippen LogP contribution >= 0.6 is 0 Å². The van der Waals surface area contributed by atoms with Gasteiger partial charge in [-0.05, 0) is 25.2 Å². The van der Waals surface area contributed by atoms with Gasteiger partial charge in [0, 0.05) is 12.5 Å². The van der Waals surface area contributed by atoms with Gasteiger partial charge in [-0.15, -0.1) is 0 Å². The minimum atomic E-state index is 0.285. The molecule has 0 spiro atoms. The summed E-state index contributed by atoms with van der Waals surface area (Å²) in [5.41, 5.74) is 0. The summed E-state index contributed by atoms with van der Waals surface area (Å²) in [5, 5.41) is 3.24. The number of hydrogen-bond donors (Lipinski definition) is 1. The van der Waals surface area contributed by atoms with Crippen LogP contribution in [0.3, 0.4) is 0 Å². The summed E-state index contributed by atoms with van der Waals surface area (Å²) in [6, 6.07) is 0.450. The zero-order valence-electron chi connectivity index (χ0n) is 13.0. The van der Waals surface area contributed by atoms with E-state index in [0.29, 0.717) is 12.0 Å². The van der Waals surface area contributed by atoms with Crippen molar-refractivity contribution in [1.82, 2.24) is 5.32 Å². The van der Waals surface area contributed by atoms with Gasteiger partial charge in [0.05, 0.1) is 0 Å². The molecule has 0 heterocycles. The van der Waals surface area contributed by atoms with Crippen molar-refractivity contribution in [2.75, 3.05) is 0 Å². The van der Waals surface area contributed by atoms with E-state index in [9.17, 15) is 4.79 Å². The zero-order chi connectivity index (χ0) is 13.9. The molecule has 19 heavy (non-hydrogen) atoms. The lowest BCUT2D eigenvalue weighted by atomic mass is 9.86. The van der Waals surface area contributed by atoms with Crippen molar-refractivity contribution in [3.63, 3.8) is 0 Å². The maximum absolute atomic E-state index is 11.9. The lowest BCUT2D eigenvalue weighted by Crippen LogP contribution is -2.40. The number of rotatable bonds is 9. The fourth-order valence-electron chi connectivity index (χ4n) is 3.05. The van der Waals surface area contributed by atoms with Gasteiger partial charge in [0.15, 0.2) is 0 Å². The molecule has 1 fully saturated rings. The Morgan fingerprint density at radius 2 is 1.63 bits per heavy atom. The Morgan fingerprint density at radius 3 is 2.32 bits per heavy atom. The average molecular weight is 267 g/mol. The zero-order valence-corrected chi connectivity index (χ0v) is 13.0. The van der Waals surface area contributed by atoms with Crippen LogP contribution in [-0.2, 0) is 4.79 Å². The Labute approximate surface area is 119 Å². The first-order valence-electron chi connectivity index (χ1n) is 8.53. The predicted molar refractivity (Wildman–Crippen MR) is 82.2 cm³/mol. The smallest absolute Gasteiger partial charge is 0.220 e. The Morgan fingerprint density at radius 1 is 1.00 bits per heavy atom. The first-order chi connectivity index (χ1) is 9.24. The summed E-state index contributed by atoms with van der Waals surface area (Å²) in [6.07, 6.45) is 14.8. The van der Waals surface area contributed by atoms with Gasteiger partial charge in [-0.1, -0.05) is 65.2 Å². The monoisotopic (exact) mass is 267 g/mol. The topological polar surface area (TPSA) is 29.1 Å². The van der Waals surface area contributed by atoms with Crippen molar-refractivity contribution in [3.05, 3.63) is 0 Å². The van der Waals surface area contributed by atoms with E-state index in [1.54, 1.807) is 0 Å². The summed E-state index contributed by atoms with van der Waals surface area (Å²) >= 11 is 0. The first-order valence-corrected chi connectivity index (χ1v) is 8.53. The average Bonchev–Trinajstić information content (AvgIpc) is 2.40. The lowest BCUT2D eigenvalue weighted by Gasteiger charge is -2.29. The number of amides is 1. The molecule has 1 aliphatic rings. The fraction of sp³-hybridized carbons (Fsp3) is 0.941. The van der Waals surface area contributed by atoms with Crippen LogP contribution in [0.2, 0.25) is 0 Å². The van der Waals surface area contributed by atoms with E-state index in [2.05, 4.69) is 19.2 Å². The van der Waals surface area contributed by atoms with Crippen LogP contribution in [0.5, 0.6) is 0 Å². The van der Waals surface area contributed by atoms with E-state index in [4.69, 9.17) is 0 Å². The highest BCUT2D eigenvalue weighted by atomic mass is 16.1. The number of nitrogens with one attached hydrogen (secondary N) is 1. The molecule has 1 amide bonds. The van der Waals surface area contributed by atoms with E-state index in [-0.39, 0.29) is 5.91 Å². The third kappa shape index (κ3) is 7.59. The van der Waals surface area contributed by atoms with E-state index >= 15 is 0 Å². The summed E-state index contributed by atoms with van der Waals surface area (Å²) < 4.78 is 0. The highest BCUT2D eigenvalue weighted by molar-refractivity contribution is 5.76. The summed E-state index contributed by atoms with van der Waals surface area (Å²) in [5.74, 6) is 0.957. The van der Waals surface area contributed by atoms with Crippen LogP contribution in [0.1, 0.15) is 90.9 Å². The first kappa shape index (κ1) is 16.5. The molecule has 2 nitrogen and oxygen atoms in total. The van der Waals surface area contributed by atoms with E-state index in [1.807, 2.05) is 0 Å². The number of carbonyl (C=O) groups is 1. The van der Waals surface area contributed by atoms with Crippen LogP contribution in [0.4, 0.5) is 0 Å². The third-order valence-corrected chi connectivity index (χ3v) is 4.47. The van der Waals surface area contributed by atoms with Crippen molar-refractivity contribution >= 4 is 5.91 Å². The quantitative estimate of drug-likeness (QED) is 0.596. The van der Waals surface area contributed by atoms with Crippen molar-refractivity contribution in [2.24, 2.45) is 5.92 Å². The molecule has 2 heteroatoms. The minimum absolute atomic E-state index is 0.285. The van der Waals surface area contributed by atoms with Gasteiger partial charge >= 0.3 is 0 Å². The van der Waals surface area contributed by atoms with Crippen LogP contribution in [-0.4, -0.2) is 11.9 Å². The second-order valence-electron chi connectivity index (χ2n) is 6.31. The lowest BCUT2D eigenvalue weighted by molar-refractivity contribution is -0.122. The molecule has 0 aliphatic heterocycles. The molecule has 112 valence electrons. The summed E-state index contributed by atoms with van der Waals surface area (Å²) in [7, 11) is 0. The largest absolute Gasteiger partial charge is 0.353 e. The van der Waals surface area contributed by atoms with Gasteiger partial charge in [0.25, 0.3) is 0 Å². The number of hydrogen-bond acceptors (Lipinski definition) is 1. The molecular formula is C17H33NO. The molecule has 0 radical (unpaired) electrons. The molecule has 2 atom stereocenters. The van der Waals surface area contributed by atoms with E-state index < -0.39 is 0 Å². The molecule has 0 saturated heterocycles. The van der Waals surface area contributed by atoms with Gasteiger partial charge in [-0.3, -0.25) is 4.79 Å². The van der Waals surface area contributed by atoms with Crippen LogP contribution in [0.15, 0.2) is 0 Å². The molecule has 1 rings (SSSR count). The van der Waals surface area contributed by atoms with Crippen LogP contribution in [0.25, 0.3) is 0 Å². The number of carbonyl (C=O) groups excluding carboxylic acids is 1. The fourth-order valence-corrected chi connectivity index (χ4v) is 3.05. The van der Waals surface area contributed by atoms with Crippen molar-refractivity contribution in [3.8, 4) is 0 Å². The highest BCUT2D eigenvalue weighted by Gasteiger charge is 2.22. The molecule has 1 saturated carbocycles. The summed E-state index contributed by atoms with van der Waals surface area (Å²) in [6.45, 7) is 4.52. The molecule has 0 unspecified atom stereocenters. The van der Waals surface area contributed by atoms with Crippen molar-refractivity contribution in [1.29, 1.82) is 0 Å². The Balaban J connectivity index is 1.98. The maximum Gasteiger partial charge on any atom is 0.220 e. The molecule has 0 aromatic rings. The minimum Gasteiger partial charge on any atom is -0.353 e. The Hall–Kier alpha value is -0.530. The van der Waals surface area contributed by atoms with Gasteiger partial charge in [0.2, 0.25) is 5.91 Å². The predicted octanol–water partition coefficient (Wildman–Crippen LogP) is 4.82. The van der Waals surface area contributed by atoms with Gasteiger partial charge in [-0.25, -0.2) is 0 Å². The Kier molecular flexibility index (Phi) is 8.94. The molecular weight excluding hydrogens is 234 g/mol. The van der Waals surface area contributed by atoms with Crippen molar-refractivity contribution in [2.45, 2.75) is 96.9 Å². The SMILES string of the molecule is CCCCCCCCCC(=O)N[C@H]1CCCC[C@H]1C. The van der Waals surface area contributed by atoms with E-state index in [1.165, 1.54) is 64.2 Å². The molecule has 0 bridgehead atoms. The van der Waals surface area contributed by atoms with E-state index in [0.717, 1.165) is 12.8 Å². The molecule has 0 aromatic heterocycles. The normalized spacial score (nSPS) is 23.3. The van der Waals surface area contributed by atoms with Gasteiger partial charge in [0.1, 0.15) is 0 Å². The Bertz CT molecular complexity index is 239. The van der Waals surface area contributed by atoms with Crippen LogP contribution in [0, 0.1) is 5.92 Å². The maximum atomic E-state index is 11.9. The molecule has 0 aromatic carbocycles. The van der Waals surface area contributed by atoms with Crippen LogP contribution < -0.4 is 5.32 Å². The highest BCUT2D eigenvalue weighted by Crippen LogP contribution is 2.23. The van der Waals surface area contributed by atoms with Gasteiger partial charge < -0.3 is 5.32 Å².